The van der Waals surface area contributed by atoms with E-state index in [9.17, 15) is 4.21 Å². The Morgan fingerprint density at radius 3 is 2.63 bits per heavy atom. The van der Waals surface area contributed by atoms with Crippen LogP contribution in [0.1, 0.15) is 30.0 Å². The zero-order valence-electron chi connectivity index (χ0n) is 14.8. The second-order valence-electron chi connectivity index (χ2n) is 7.18. The molecule has 0 saturated carbocycles. The molecule has 3 aliphatic rings. The average Bonchev–Trinajstić information content (AvgIpc) is 3.43. The van der Waals surface area contributed by atoms with Crippen LogP contribution < -0.4 is 31.4 Å². The molecule has 0 bridgehead atoms. The summed E-state index contributed by atoms with van der Waals surface area (Å²) in [4.78, 5) is 12.8. The molecule has 5 rings (SSSR count). The number of fused-ring (bicyclic) bond motifs is 1. The number of piperidine rings is 1. The molecule has 1 aromatic carbocycles. The summed E-state index contributed by atoms with van der Waals surface area (Å²) in [6.45, 7) is 1.90. The quantitative estimate of drug-likeness (QED) is 0.354. The standard InChI is InChI=1S/C19H21ClIN4OS/c20-14-3-1-12(2-4-14)13-5-8-25(9-6-13)19-22-15-7-10-27(26)17(15)18(24-19)23-16-11-21-16/h1-4,13,16H,5-11H2,(H,22,23,24)/q-1/t16-,27?/m0/s1. The Morgan fingerprint density at radius 2 is 1.93 bits per heavy atom. The van der Waals surface area contributed by atoms with Gasteiger partial charge in [-0.1, -0.05) is 11.6 Å². The van der Waals surface area contributed by atoms with Gasteiger partial charge >= 0.3 is 161 Å². The summed E-state index contributed by atoms with van der Waals surface area (Å²) < 4.78 is 14.3. The molecule has 0 amide bonds. The van der Waals surface area contributed by atoms with E-state index in [4.69, 9.17) is 21.6 Å². The zero-order chi connectivity index (χ0) is 18.4. The summed E-state index contributed by atoms with van der Waals surface area (Å²) >= 11 is 6.29. The third kappa shape index (κ3) is 3.82. The van der Waals surface area contributed by atoms with Crippen LogP contribution in [0.15, 0.2) is 29.2 Å². The van der Waals surface area contributed by atoms with Crippen LogP contribution in [-0.4, -0.2) is 41.5 Å². The molecule has 2 atom stereocenters. The predicted molar refractivity (Wildman–Crippen MR) is 105 cm³/mol. The van der Waals surface area contributed by atoms with E-state index in [1.54, 1.807) is 0 Å². The van der Waals surface area contributed by atoms with Crippen molar-refractivity contribution >= 4 is 34.2 Å². The number of hydrogen-bond acceptors (Lipinski definition) is 5. The predicted octanol–water partition coefficient (Wildman–Crippen LogP) is 0.0183. The van der Waals surface area contributed by atoms with Gasteiger partial charge in [-0.05, 0) is 0 Å². The first-order chi connectivity index (χ1) is 13.2. The first-order valence-corrected chi connectivity index (χ1v) is 13.8. The fourth-order valence-electron chi connectivity index (χ4n) is 3.84. The van der Waals surface area contributed by atoms with Crippen LogP contribution in [0.5, 0.6) is 0 Å². The van der Waals surface area contributed by atoms with E-state index in [0.29, 0.717) is 15.7 Å². The summed E-state index contributed by atoms with van der Waals surface area (Å²) in [7, 11) is -0.948. The van der Waals surface area contributed by atoms with Gasteiger partial charge in [0.25, 0.3) is 0 Å². The minimum atomic E-state index is -0.948. The van der Waals surface area contributed by atoms with Gasteiger partial charge in [0.2, 0.25) is 0 Å². The molecule has 1 aromatic heterocycles. The van der Waals surface area contributed by atoms with Crippen LogP contribution in [0, 0.1) is 0 Å². The van der Waals surface area contributed by atoms with Gasteiger partial charge in [-0.3, -0.25) is 0 Å². The second-order valence-corrected chi connectivity index (χ2v) is 12.4. The van der Waals surface area contributed by atoms with Gasteiger partial charge < -0.3 is 0 Å². The second kappa shape index (κ2) is 7.48. The number of aromatic nitrogens is 2. The topological polar surface area (TPSA) is 58.1 Å². The van der Waals surface area contributed by atoms with Crippen LogP contribution in [0.3, 0.4) is 0 Å². The van der Waals surface area contributed by atoms with E-state index in [2.05, 4.69) is 22.3 Å². The average molecular weight is 516 g/mol. The molecule has 3 aliphatic heterocycles. The van der Waals surface area contributed by atoms with Crippen molar-refractivity contribution in [1.29, 1.82) is 0 Å². The van der Waals surface area contributed by atoms with E-state index in [-0.39, 0.29) is 21.2 Å². The number of nitrogens with one attached hydrogen (secondary N) is 1. The van der Waals surface area contributed by atoms with E-state index < -0.39 is 10.8 Å². The van der Waals surface area contributed by atoms with Gasteiger partial charge in [0.1, 0.15) is 0 Å². The minimum absolute atomic E-state index is 0.273. The molecular weight excluding hydrogens is 495 g/mol. The first kappa shape index (κ1) is 18.1. The van der Waals surface area contributed by atoms with Gasteiger partial charge in [0, 0.05) is 5.02 Å². The summed E-state index contributed by atoms with van der Waals surface area (Å²) in [6.07, 6.45) is 2.98. The zero-order valence-corrected chi connectivity index (χ0v) is 18.6. The normalized spacial score (nSPS) is 25.0. The van der Waals surface area contributed by atoms with Crippen LogP contribution in [-0.2, 0) is 17.2 Å². The molecule has 0 radical (unpaired) electrons. The van der Waals surface area contributed by atoms with Crippen molar-refractivity contribution in [2.45, 2.75) is 34.1 Å². The molecule has 2 fully saturated rings. The monoisotopic (exact) mass is 515 g/mol. The Hall–Kier alpha value is -0.930. The molecule has 5 nitrogen and oxygen atoms in total. The van der Waals surface area contributed by atoms with Crippen LogP contribution in [0.2, 0.25) is 5.02 Å². The Balaban J connectivity index is 1.35. The molecule has 2 saturated heterocycles. The maximum atomic E-state index is 12.4. The number of nitrogens with zero attached hydrogens (tertiary/aromatic N) is 3. The number of aryl methyl sites for hydroxylation is 1. The molecule has 0 spiro atoms. The van der Waals surface area contributed by atoms with Crippen molar-refractivity contribution < 1.29 is 25.4 Å². The van der Waals surface area contributed by atoms with E-state index in [1.807, 2.05) is 12.1 Å². The number of rotatable bonds is 4. The van der Waals surface area contributed by atoms with E-state index >= 15 is 0 Å². The summed E-state index contributed by atoms with van der Waals surface area (Å²) in [5.74, 6) is 2.89. The molecule has 4 heterocycles. The summed E-state index contributed by atoms with van der Waals surface area (Å²) in [5, 5.41) is 4.32. The van der Waals surface area contributed by atoms with Gasteiger partial charge in [0.05, 0.1) is 0 Å². The van der Waals surface area contributed by atoms with Crippen molar-refractivity contribution in [3.8, 4) is 0 Å². The van der Waals surface area contributed by atoms with Gasteiger partial charge in [0.15, 0.2) is 0 Å². The van der Waals surface area contributed by atoms with Crippen LogP contribution in [0.25, 0.3) is 0 Å². The molecule has 0 aliphatic carbocycles. The van der Waals surface area contributed by atoms with Crippen molar-refractivity contribution in [3.63, 3.8) is 0 Å². The SMILES string of the molecule is O=S1CCc2nc(N3CCC(c4ccc(Cl)cc4)CC3)nc(N[C@H]3C[I-]3)c21. The van der Waals surface area contributed by atoms with Crippen molar-refractivity contribution in [2.24, 2.45) is 0 Å². The Kier molecular flexibility index (Phi) is 5.02. The molecule has 144 valence electrons. The van der Waals surface area contributed by atoms with Gasteiger partial charge in [-0.15, -0.1) is 0 Å². The van der Waals surface area contributed by atoms with Gasteiger partial charge in [-0.2, -0.15) is 0 Å². The van der Waals surface area contributed by atoms with Crippen molar-refractivity contribution in [1.82, 2.24) is 9.97 Å². The Labute approximate surface area is 177 Å². The summed E-state index contributed by atoms with van der Waals surface area (Å²) in [5.41, 5.74) is 2.35. The van der Waals surface area contributed by atoms with Crippen molar-refractivity contribution in [2.75, 3.05) is 33.5 Å². The molecular formula is C19H21ClIN4OS-. The molecule has 1 unspecified atom stereocenters. The fourth-order valence-corrected chi connectivity index (χ4v) is 6.27. The van der Waals surface area contributed by atoms with E-state index in [1.165, 1.54) is 9.99 Å². The van der Waals surface area contributed by atoms with Crippen LogP contribution in [0.4, 0.5) is 11.8 Å². The molecule has 1 N–H and O–H groups in total. The molecule has 27 heavy (non-hydrogen) atoms. The van der Waals surface area contributed by atoms with Crippen molar-refractivity contribution in [3.05, 3.63) is 40.5 Å². The number of alkyl halides is 2. The number of halogens is 2. The van der Waals surface area contributed by atoms with Gasteiger partial charge in [-0.25, -0.2) is 0 Å². The Bertz CT molecular complexity index is 882. The molecule has 8 heteroatoms. The van der Waals surface area contributed by atoms with E-state index in [0.717, 1.165) is 59.7 Å². The Morgan fingerprint density at radius 1 is 1.19 bits per heavy atom. The maximum absolute atomic E-state index is 12.4. The number of benzene rings is 1. The molecule has 2 aromatic rings. The third-order valence-corrected chi connectivity index (χ3v) is 9.18. The number of hydrogen-bond donors (Lipinski definition) is 1. The fraction of sp³-hybridized carbons (Fsp3) is 0.474. The number of anilines is 2. The van der Waals surface area contributed by atoms with Crippen LogP contribution >= 0.6 is 11.6 Å². The third-order valence-electron chi connectivity index (χ3n) is 5.40. The first-order valence-electron chi connectivity index (χ1n) is 9.31. The summed E-state index contributed by atoms with van der Waals surface area (Å²) in [6, 6.07) is 8.24.